The van der Waals surface area contributed by atoms with E-state index in [1.165, 1.54) is 22.6 Å². The summed E-state index contributed by atoms with van der Waals surface area (Å²) >= 11 is 0. The molecule has 20 heavy (non-hydrogen) atoms. The van der Waals surface area contributed by atoms with Crippen molar-refractivity contribution in [1.29, 1.82) is 0 Å². The minimum Gasteiger partial charge on any atom is -0.444 e. The van der Waals surface area contributed by atoms with Crippen LogP contribution in [0.25, 0.3) is 0 Å². The van der Waals surface area contributed by atoms with Gasteiger partial charge in [-0.15, -0.1) is 0 Å². The number of esters is 1. The normalized spacial score (nSPS) is 13.2. The van der Waals surface area contributed by atoms with Gasteiger partial charge in [-0.05, 0) is 0 Å². The Morgan fingerprint density at radius 1 is 1.20 bits per heavy atom. The molecular weight excluding hydrogens is 277 g/mol. The molecule has 0 unspecified atom stereocenters. The third-order valence-electron chi connectivity index (χ3n) is 2.49. The third kappa shape index (κ3) is 2.98. The van der Waals surface area contributed by atoms with Crippen molar-refractivity contribution in [1.82, 2.24) is 19.6 Å². The average molecular weight is 288 g/mol. The summed E-state index contributed by atoms with van der Waals surface area (Å²) in [7, 11) is 3.01. The molecule has 9 heteroatoms. The molecule has 1 atom stereocenters. The predicted octanol–water partition coefficient (Wildman–Crippen LogP) is 1.61. The molecule has 2 aromatic rings. The highest BCUT2D eigenvalue weighted by molar-refractivity contribution is 5.88. The summed E-state index contributed by atoms with van der Waals surface area (Å²) in [5.74, 6) is -1.09. The summed E-state index contributed by atoms with van der Waals surface area (Å²) in [6, 6.07) is 0. The van der Waals surface area contributed by atoms with Crippen molar-refractivity contribution in [3.8, 4) is 0 Å². The van der Waals surface area contributed by atoms with Crippen LogP contribution in [0.1, 0.15) is 22.0 Å². The molecule has 0 fully saturated rings. The van der Waals surface area contributed by atoms with Crippen molar-refractivity contribution in [2.45, 2.75) is 12.3 Å². The molecule has 0 aliphatic rings. The van der Waals surface area contributed by atoms with Crippen LogP contribution in [-0.2, 0) is 18.8 Å². The van der Waals surface area contributed by atoms with Crippen LogP contribution >= 0.6 is 0 Å². The summed E-state index contributed by atoms with van der Waals surface area (Å²) in [4.78, 5) is 11.7. The number of hydrogen-bond acceptors (Lipinski definition) is 4. The van der Waals surface area contributed by atoms with Crippen molar-refractivity contribution in [3.63, 3.8) is 0 Å². The maximum absolute atomic E-state index is 13.0. The number of carbonyl (C=O) groups is 1. The molecule has 0 N–H and O–H groups in total. The Balaban J connectivity index is 2.23. The number of hydrogen-bond donors (Lipinski definition) is 0. The van der Waals surface area contributed by atoms with Gasteiger partial charge in [0, 0.05) is 32.1 Å². The highest BCUT2D eigenvalue weighted by atomic mass is 19.4. The van der Waals surface area contributed by atoms with Gasteiger partial charge in [0.25, 0.3) is 0 Å². The fraction of sp³-hybridized carbons (Fsp3) is 0.364. The first kappa shape index (κ1) is 14.1. The van der Waals surface area contributed by atoms with E-state index < -0.39 is 18.2 Å². The molecular formula is C11H11F3N4O2. The topological polar surface area (TPSA) is 61.9 Å². The Morgan fingerprint density at radius 2 is 1.80 bits per heavy atom. The monoisotopic (exact) mass is 288 g/mol. The van der Waals surface area contributed by atoms with E-state index in [2.05, 4.69) is 14.9 Å². The smallest absolute Gasteiger partial charge is 0.429 e. The molecule has 108 valence electrons. The lowest BCUT2D eigenvalue weighted by atomic mass is 10.2. The molecule has 0 aliphatic heterocycles. The van der Waals surface area contributed by atoms with Gasteiger partial charge in [0.2, 0.25) is 6.10 Å². The summed E-state index contributed by atoms with van der Waals surface area (Å²) in [6.07, 6.45) is -2.51. The Morgan fingerprint density at radius 3 is 2.25 bits per heavy atom. The average Bonchev–Trinajstić information content (AvgIpc) is 2.93. The highest BCUT2D eigenvalue weighted by Crippen LogP contribution is 2.36. The molecule has 0 aliphatic carbocycles. The van der Waals surface area contributed by atoms with E-state index in [9.17, 15) is 18.0 Å². The number of aryl methyl sites for hydroxylation is 2. The summed E-state index contributed by atoms with van der Waals surface area (Å²) in [6.45, 7) is 0. The Kier molecular flexibility index (Phi) is 3.51. The fourth-order valence-corrected chi connectivity index (χ4v) is 1.60. The lowest BCUT2D eigenvalue weighted by Crippen LogP contribution is -2.26. The van der Waals surface area contributed by atoms with Crippen molar-refractivity contribution in [2.75, 3.05) is 0 Å². The van der Waals surface area contributed by atoms with Crippen LogP contribution < -0.4 is 0 Å². The lowest BCUT2D eigenvalue weighted by Gasteiger charge is -2.19. The van der Waals surface area contributed by atoms with Gasteiger partial charge in [-0.3, -0.25) is 9.36 Å². The zero-order chi connectivity index (χ0) is 14.9. The molecule has 0 aromatic carbocycles. The van der Waals surface area contributed by atoms with E-state index in [0.29, 0.717) is 0 Å². The van der Waals surface area contributed by atoms with Gasteiger partial charge in [0.1, 0.15) is 0 Å². The molecule has 0 bridgehead atoms. The minimum atomic E-state index is -4.72. The van der Waals surface area contributed by atoms with Gasteiger partial charge < -0.3 is 4.74 Å². The number of alkyl halides is 3. The number of carbonyl (C=O) groups excluding carboxylic acids is 1. The van der Waals surface area contributed by atoms with Gasteiger partial charge >= 0.3 is 12.1 Å². The van der Waals surface area contributed by atoms with Crippen LogP contribution in [0.15, 0.2) is 24.8 Å². The molecule has 0 radical (unpaired) electrons. The largest absolute Gasteiger partial charge is 0.444 e. The van der Waals surface area contributed by atoms with E-state index in [1.54, 1.807) is 7.05 Å². The molecule has 0 spiro atoms. The van der Waals surface area contributed by atoms with Gasteiger partial charge in [0.05, 0.1) is 18.0 Å². The maximum Gasteiger partial charge on any atom is 0.429 e. The van der Waals surface area contributed by atoms with Gasteiger partial charge in [-0.1, -0.05) is 0 Å². The van der Waals surface area contributed by atoms with Crippen molar-refractivity contribution in [2.24, 2.45) is 14.1 Å². The zero-order valence-corrected chi connectivity index (χ0v) is 10.6. The first-order chi connectivity index (χ1) is 9.27. The van der Waals surface area contributed by atoms with E-state index in [-0.39, 0.29) is 11.1 Å². The lowest BCUT2D eigenvalue weighted by molar-refractivity contribution is -0.207. The quantitative estimate of drug-likeness (QED) is 0.805. The number of rotatable bonds is 3. The predicted molar refractivity (Wildman–Crippen MR) is 60.6 cm³/mol. The third-order valence-corrected chi connectivity index (χ3v) is 2.49. The highest BCUT2D eigenvalue weighted by Gasteiger charge is 2.45. The molecule has 0 saturated carbocycles. The second kappa shape index (κ2) is 4.99. The van der Waals surface area contributed by atoms with Crippen molar-refractivity contribution in [3.05, 3.63) is 35.9 Å². The second-order valence-electron chi connectivity index (χ2n) is 4.18. The van der Waals surface area contributed by atoms with Crippen LogP contribution in [0.4, 0.5) is 13.2 Å². The van der Waals surface area contributed by atoms with Gasteiger partial charge in [0.15, 0.2) is 0 Å². The Labute approximate surface area is 111 Å². The number of halogens is 3. The fourth-order valence-electron chi connectivity index (χ4n) is 1.60. The van der Waals surface area contributed by atoms with E-state index in [0.717, 1.165) is 18.6 Å². The van der Waals surface area contributed by atoms with E-state index >= 15 is 0 Å². The number of nitrogens with zero attached hydrogens (tertiary/aromatic N) is 4. The van der Waals surface area contributed by atoms with E-state index in [1.807, 2.05) is 0 Å². The van der Waals surface area contributed by atoms with Crippen LogP contribution in [0, 0.1) is 0 Å². The van der Waals surface area contributed by atoms with E-state index in [4.69, 9.17) is 0 Å². The van der Waals surface area contributed by atoms with Crippen LogP contribution in [0.2, 0.25) is 0 Å². The first-order valence-electron chi connectivity index (χ1n) is 5.52. The molecule has 2 heterocycles. The summed E-state index contributed by atoms with van der Waals surface area (Å²) in [5, 5.41) is 7.35. The zero-order valence-electron chi connectivity index (χ0n) is 10.6. The van der Waals surface area contributed by atoms with Gasteiger partial charge in [-0.2, -0.15) is 23.4 Å². The second-order valence-corrected chi connectivity index (χ2v) is 4.18. The molecule has 2 rings (SSSR count). The first-order valence-corrected chi connectivity index (χ1v) is 5.52. The van der Waals surface area contributed by atoms with Crippen LogP contribution in [-0.4, -0.2) is 31.7 Å². The summed E-state index contributed by atoms with van der Waals surface area (Å²) < 4.78 is 45.9. The number of aromatic nitrogens is 4. The van der Waals surface area contributed by atoms with Crippen molar-refractivity contribution >= 4 is 5.97 Å². The van der Waals surface area contributed by atoms with Crippen LogP contribution in [0.5, 0.6) is 0 Å². The molecule has 2 aromatic heterocycles. The molecule has 0 amide bonds. The molecule has 0 saturated heterocycles. The maximum atomic E-state index is 13.0. The molecule has 6 nitrogen and oxygen atoms in total. The Hall–Kier alpha value is -2.32. The Bertz CT molecular complexity index is 617. The SMILES string of the molecule is Cn1cc(C(=O)O[C@@H](c2cnn(C)c2)C(F)(F)F)cn1. The van der Waals surface area contributed by atoms with Crippen molar-refractivity contribution < 1.29 is 22.7 Å². The summed E-state index contributed by atoms with van der Waals surface area (Å²) in [5.41, 5.74) is -0.289. The van der Waals surface area contributed by atoms with Crippen LogP contribution in [0.3, 0.4) is 0 Å². The van der Waals surface area contributed by atoms with Gasteiger partial charge in [-0.25, -0.2) is 4.79 Å². The minimum absolute atomic E-state index is 0.0503. The number of ether oxygens (including phenoxy) is 1. The standard InChI is InChI=1S/C11H11F3N4O2/c1-17-5-7(3-15-17)9(11(12,13)14)20-10(19)8-4-16-18(2)6-8/h3-6,9H,1-2H3/t9-/m0/s1.